The Morgan fingerprint density at radius 3 is 2.33 bits per heavy atom. The molecule has 21 heavy (non-hydrogen) atoms. The van der Waals surface area contributed by atoms with Crippen LogP contribution in [-0.2, 0) is 0 Å². The van der Waals surface area contributed by atoms with E-state index in [-0.39, 0.29) is 6.04 Å². The molecule has 106 valence electrons. The predicted molar refractivity (Wildman–Crippen MR) is 86.1 cm³/mol. The second kappa shape index (κ2) is 5.90. The van der Waals surface area contributed by atoms with Crippen molar-refractivity contribution in [1.82, 2.24) is 9.55 Å². The van der Waals surface area contributed by atoms with Gasteiger partial charge in [0.2, 0.25) is 0 Å². The van der Waals surface area contributed by atoms with Gasteiger partial charge in [-0.25, -0.2) is 4.98 Å². The first-order valence-electron chi connectivity index (χ1n) is 6.44. The summed E-state index contributed by atoms with van der Waals surface area (Å²) in [5.41, 5.74) is 9.08. The van der Waals surface area contributed by atoms with Gasteiger partial charge in [0, 0.05) is 15.7 Å². The molecule has 3 rings (SSSR count). The highest BCUT2D eigenvalue weighted by molar-refractivity contribution is 6.34. The minimum Gasteiger partial charge on any atom is -0.319 e. The van der Waals surface area contributed by atoms with Crippen molar-refractivity contribution in [3.63, 3.8) is 0 Å². The molecule has 1 atom stereocenters. The molecule has 0 aliphatic rings. The van der Waals surface area contributed by atoms with Crippen LogP contribution in [0.25, 0.3) is 5.69 Å². The fraction of sp³-hybridized carbons (Fsp3) is 0.0625. The van der Waals surface area contributed by atoms with Crippen molar-refractivity contribution in [2.24, 2.45) is 5.73 Å². The van der Waals surface area contributed by atoms with E-state index in [1.165, 1.54) is 0 Å². The summed E-state index contributed by atoms with van der Waals surface area (Å²) in [4.78, 5) is 4.20. The zero-order valence-corrected chi connectivity index (χ0v) is 12.6. The van der Waals surface area contributed by atoms with Crippen LogP contribution in [0.2, 0.25) is 10.0 Å². The van der Waals surface area contributed by atoms with E-state index in [1.807, 2.05) is 47.0 Å². The van der Waals surface area contributed by atoms with Crippen LogP contribution < -0.4 is 5.73 Å². The molecule has 0 fully saturated rings. The van der Waals surface area contributed by atoms with Crippen molar-refractivity contribution in [2.45, 2.75) is 6.04 Å². The van der Waals surface area contributed by atoms with E-state index in [2.05, 4.69) is 4.98 Å². The van der Waals surface area contributed by atoms with Gasteiger partial charge in [-0.05, 0) is 23.8 Å². The summed E-state index contributed by atoms with van der Waals surface area (Å²) in [5.74, 6) is 0. The van der Waals surface area contributed by atoms with Gasteiger partial charge in [0.25, 0.3) is 0 Å². The molecule has 0 spiro atoms. The molecular weight excluding hydrogens is 305 g/mol. The Hall–Kier alpha value is -1.81. The van der Waals surface area contributed by atoms with E-state index in [4.69, 9.17) is 28.9 Å². The van der Waals surface area contributed by atoms with Crippen molar-refractivity contribution in [3.8, 4) is 5.69 Å². The van der Waals surface area contributed by atoms with E-state index in [0.29, 0.717) is 10.0 Å². The standard InChI is InChI=1S/C16H13Cl2N3/c17-12-6-13(18)8-14(7-12)21-10-20-9-15(21)16(19)11-4-2-1-3-5-11/h1-10,16H,19H2. The lowest BCUT2D eigenvalue weighted by Gasteiger charge is -2.15. The average Bonchev–Trinajstić information content (AvgIpc) is 2.96. The summed E-state index contributed by atoms with van der Waals surface area (Å²) < 4.78 is 1.90. The largest absolute Gasteiger partial charge is 0.319 e. The fourth-order valence-electron chi connectivity index (χ4n) is 2.26. The molecule has 0 aliphatic heterocycles. The minimum absolute atomic E-state index is 0.272. The molecule has 2 N–H and O–H groups in total. The van der Waals surface area contributed by atoms with Gasteiger partial charge in [-0.1, -0.05) is 53.5 Å². The summed E-state index contributed by atoms with van der Waals surface area (Å²) in [7, 11) is 0. The first kappa shape index (κ1) is 14.1. The number of nitrogens with zero attached hydrogens (tertiary/aromatic N) is 2. The second-order valence-corrected chi connectivity index (χ2v) is 5.58. The number of hydrogen-bond acceptors (Lipinski definition) is 2. The topological polar surface area (TPSA) is 43.8 Å². The molecule has 2 aromatic carbocycles. The third-order valence-corrected chi connectivity index (χ3v) is 3.71. The Labute approximate surface area is 132 Å². The molecule has 0 aliphatic carbocycles. The number of rotatable bonds is 3. The van der Waals surface area contributed by atoms with Gasteiger partial charge in [0.1, 0.15) is 0 Å². The minimum atomic E-state index is -0.272. The van der Waals surface area contributed by atoms with Crippen LogP contribution in [-0.4, -0.2) is 9.55 Å². The van der Waals surface area contributed by atoms with Crippen LogP contribution >= 0.6 is 23.2 Å². The van der Waals surface area contributed by atoms with Crippen molar-refractivity contribution >= 4 is 23.2 Å². The smallest absolute Gasteiger partial charge is 0.0994 e. The van der Waals surface area contributed by atoms with Crippen molar-refractivity contribution < 1.29 is 0 Å². The van der Waals surface area contributed by atoms with E-state index in [9.17, 15) is 0 Å². The van der Waals surface area contributed by atoms with Crippen molar-refractivity contribution in [1.29, 1.82) is 0 Å². The number of hydrogen-bond donors (Lipinski definition) is 1. The number of imidazole rings is 1. The van der Waals surface area contributed by atoms with Gasteiger partial charge >= 0.3 is 0 Å². The maximum atomic E-state index is 6.35. The molecule has 3 nitrogen and oxygen atoms in total. The van der Waals surface area contributed by atoms with E-state index in [1.54, 1.807) is 18.6 Å². The van der Waals surface area contributed by atoms with E-state index >= 15 is 0 Å². The van der Waals surface area contributed by atoms with Crippen LogP contribution in [0.5, 0.6) is 0 Å². The van der Waals surface area contributed by atoms with Gasteiger partial charge in [0.05, 0.1) is 24.3 Å². The highest BCUT2D eigenvalue weighted by Crippen LogP contribution is 2.26. The summed E-state index contributed by atoms with van der Waals surface area (Å²) in [6.07, 6.45) is 3.46. The first-order chi connectivity index (χ1) is 10.1. The van der Waals surface area contributed by atoms with Crippen LogP contribution in [0.15, 0.2) is 61.1 Å². The molecule has 1 aromatic heterocycles. The zero-order chi connectivity index (χ0) is 14.8. The Morgan fingerprint density at radius 1 is 1.00 bits per heavy atom. The predicted octanol–water partition coefficient (Wildman–Crippen LogP) is 4.23. The monoisotopic (exact) mass is 317 g/mol. The average molecular weight is 318 g/mol. The molecular formula is C16H13Cl2N3. The second-order valence-electron chi connectivity index (χ2n) is 4.70. The number of aromatic nitrogens is 2. The highest BCUT2D eigenvalue weighted by Gasteiger charge is 2.15. The lowest BCUT2D eigenvalue weighted by Crippen LogP contribution is -2.15. The van der Waals surface area contributed by atoms with Crippen LogP contribution in [0.1, 0.15) is 17.3 Å². The normalized spacial score (nSPS) is 12.3. The highest BCUT2D eigenvalue weighted by atomic mass is 35.5. The van der Waals surface area contributed by atoms with Crippen LogP contribution in [0.4, 0.5) is 0 Å². The van der Waals surface area contributed by atoms with E-state index in [0.717, 1.165) is 16.9 Å². The Morgan fingerprint density at radius 2 is 1.67 bits per heavy atom. The third kappa shape index (κ3) is 2.95. The van der Waals surface area contributed by atoms with E-state index < -0.39 is 0 Å². The molecule has 0 saturated carbocycles. The van der Waals surface area contributed by atoms with Gasteiger partial charge in [-0.15, -0.1) is 0 Å². The summed E-state index contributed by atoms with van der Waals surface area (Å²) in [6.45, 7) is 0. The summed E-state index contributed by atoms with van der Waals surface area (Å²) in [6, 6.07) is 15.0. The zero-order valence-electron chi connectivity index (χ0n) is 11.1. The number of nitrogens with two attached hydrogens (primary N) is 1. The first-order valence-corrected chi connectivity index (χ1v) is 7.20. The molecule has 5 heteroatoms. The van der Waals surface area contributed by atoms with Gasteiger partial charge in [-0.3, -0.25) is 0 Å². The molecule has 0 bridgehead atoms. The Kier molecular flexibility index (Phi) is 3.97. The molecule has 1 unspecified atom stereocenters. The van der Waals surface area contributed by atoms with Crippen molar-refractivity contribution in [2.75, 3.05) is 0 Å². The summed E-state index contributed by atoms with van der Waals surface area (Å²) in [5, 5.41) is 1.15. The SMILES string of the molecule is NC(c1ccccc1)c1cncn1-c1cc(Cl)cc(Cl)c1. The fourth-order valence-corrected chi connectivity index (χ4v) is 2.78. The molecule has 3 aromatic rings. The lowest BCUT2D eigenvalue weighted by atomic mass is 10.1. The molecule has 1 heterocycles. The Bertz CT molecular complexity index is 733. The Balaban J connectivity index is 2.05. The quantitative estimate of drug-likeness (QED) is 0.785. The lowest BCUT2D eigenvalue weighted by molar-refractivity contribution is 0.793. The van der Waals surface area contributed by atoms with Gasteiger partial charge < -0.3 is 10.3 Å². The molecule has 0 radical (unpaired) electrons. The van der Waals surface area contributed by atoms with Crippen LogP contribution in [0.3, 0.4) is 0 Å². The van der Waals surface area contributed by atoms with Gasteiger partial charge in [-0.2, -0.15) is 0 Å². The molecule has 0 amide bonds. The van der Waals surface area contributed by atoms with Crippen LogP contribution in [0, 0.1) is 0 Å². The maximum absolute atomic E-state index is 6.35. The third-order valence-electron chi connectivity index (χ3n) is 3.27. The number of halogens is 2. The molecule has 0 saturated heterocycles. The van der Waals surface area contributed by atoms with Gasteiger partial charge in [0.15, 0.2) is 0 Å². The number of benzene rings is 2. The van der Waals surface area contributed by atoms with Crippen molar-refractivity contribution in [3.05, 3.63) is 82.4 Å². The summed E-state index contributed by atoms with van der Waals surface area (Å²) >= 11 is 12.1. The maximum Gasteiger partial charge on any atom is 0.0994 e.